The molecular weight excluding hydrogens is 301 g/mol. The number of hydrogen-bond acceptors (Lipinski definition) is 3. The molecule has 1 N–H and O–H groups in total. The highest BCUT2D eigenvalue weighted by atomic mass is 32.1. The molecule has 0 aliphatic carbocycles. The smallest absolute Gasteiger partial charge is 0.264 e. The molecule has 1 amide bonds. The van der Waals surface area contributed by atoms with E-state index in [2.05, 4.69) is 0 Å². The first-order valence-electron chi connectivity index (χ1n) is 7.24. The summed E-state index contributed by atoms with van der Waals surface area (Å²) in [4.78, 5) is 15.9. The first kappa shape index (κ1) is 15.2. The lowest BCUT2D eigenvalue weighted by Gasteiger charge is -2.18. The number of halogens is 1. The number of hydrogen-bond donors (Lipinski definition) is 1. The largest absolute Gasteiger partial charge is 0.388 e. The highest BCUT2D eigenvalue weighted by Gasteiger charge is 2.34. The van der Waals surface area contributed by atoms with Crippen molar-refractivity contribution >= 4 is 17.2 Å². The van der Waals surface area contributed by atoms with Crippen molar-refractivity contribution < 1.29 is 14.3 Å². The maximum absolute atomic E-state index is 13.0. The summed E-state index contributed by atoms with van der Waals surface area (Å²) in [6.07, 6.45) is 0.605. The summed E-state index contributed by atoms with van der Waals surface area (Å²) in [6, 6.07) is 8.17. The Morgan fingerprint density at radius 3 is 2.64 bits per heavy atom. The van der Waals surface area contributed by atoms with Gasteiger partial charge in [-0.15, -0.1) is 11.3 Å². The molecule has 22 heavy (non-hydrogen) atoms. The molecule has 0 spiro atoms. The minimum Gasteiger partial charge on any atom is -0.388 e. The van der Waals surface area contributed by atoms with Gasteiger partial charge in [-0.3, -0.25) is 4.79 Å². The van der Waals surface area contributed by atoms with Crippen LogP contribution in [0.2, 0.25) is 0 Å². The molecule has 2 heterocycles. The number of likely N-dealkylation sites (tertiary alicyclic amines) is 1. The molecule has 5 heteroatoms. The molecule has 0 bridgehead atoms. The number of carbonyl (C=O) groups is 1. The van der Waals surface area contributed by atoms with E-state index < -0.39 is 5.60 Å². The van der Waals surface area contributed by atoms with Crippen LogP contribution >= 0.6 is 11.3 Å². The van der Waals surface area contributed by atoms with Crippen molar-refractivity contribution in [1.82, 2.24) is 4.90 Å². The zero-order valence-corrected chi connectivity index (χ0v) is 13.4. The molecular formula is C17H18FNO2S. The number of amides is 1. The van der Waals surface area contributed by atoms with Gasteiger partial charge in [0.25, 0.3) is 5.91 Å². The molecule has 3 rings (SSSR count). The highest BCUT2D eigenvalue weighted by molar-refractivity contribution is 7.17. The minimum absolute atomic E-state index is 0.0424. The van der Waals surface area contributed by atoms with Crippen LogP contribution in [0.4, 0.5) is 4.39 Å². The molecule has 0 radical (unpaired) electrons. The zero-order valence-electron chi connectivity index (χ0n) is 12.6. The van der Waals surface area contributed by atoms with Crippen LogP contribution in [0.1, 0.15) is 28.6 Å². The van der Waals surface area contributed by atoms with Crippen molar-refractivity contribution in [1.29, 1.82) is 0 Å². The predicted molar refractivity (Wildman–Crippen MR) is 85.6 cm³/mol. The van der Waals surface area contributed by atoms with Crippen molar-refractivity contribution in [3.05, 3.63) is 46.6 Å². The summed E-state index contributed by atoms with van der Waals surface area (Å²) < 4.78 is 13.0. The molecule has 1 aromatic heterocycles. The molecule has 3 nitrogen and oxygen atoms in total. The second kappa shape index (κ2) is 5.48. The monoisotopic (exact) mass is 319 g/mol. The van der Waals surface area contributed by atoms with Gasteiger partial charge in [0.1, 0.15) is 5.82 Å². The Kier molecular flexibility index (Phi) is 3.78. The van der Waals surface area contributed by atoms with Crippen LogP contribution in [-0.2, 0) is 0 Å². The molecule has 1 saturated heterocycles. The quantitative estimate of drug-likeness (QED) is 0.921. The van der Waals surface area contributed by atoms with Gasteiger partial charge in [0.15, 0.2) is 0 Å². The van der Waals surface area contributed by atoms with E-state index in [4.69, 9.17) is 0 Å². The standard InChI is InChI=1S/C17H18FNO2S/c1-11-9-14(16(20)19-8-7-17(2,21)10-19)22-15(11)12-3-5-13(18)6-4-12/h3-6,9,21H,7-8,10H2,1-2H3. The third-order valence-corrected chi connectivity index (χ3v) is 5.25. The molecule has 1 unspecified atom stereocenters. The number of benzene rings is 1. The van der Waals surface area contributed by atoms with Gasteiger partial charge in [-0.05, 0) is 49.6 Å². The maximum Gasteiger partial charge on any atom is 0.264 e. The Hall–Kier alpha value is -1.72. The van der Waals surface area contributed by atoms with Crippen LogP contribution < -0.4 is 0 Å². The fraction of sp³-hybridized carbons (Fsp3) is 0.353. The Bertz CT molecular complexity index is 706. The molecule has 2 aromatic rings. The van der Waals surface area contributed by atoms with E-state index in [9.17, 15) is 14.3 Å². The minimum atomic E-state index is -0.790. The van der Waals surface area contributed by atoms with Gasteiger partial charge in [-0.1, -0.05) is 12.1 Å². The van der Waals surface area contributed by atoms with E-state index in [-0.39, 0.29) is 11.7 Å². The zero-order chi connectivity index (χ0) is 15.9. The fourth-order valence-corrected chi connectivity index (χ4v) is 3.90. The summed E-state index contributed by atoms with van der Waals surface area (Å²) in [5.74, 6) is -0.312. The Morgan fingerprint density at radius 2 is 2.05 bits per heavy atom. The lowest BCUT2D eigenvalue weighted by molar-refractivity contribution is 0.0575. The molecule has 1 aliphatic heterocycles. The normalized spacial score (nSPS) is 21.4. The van der Waals surface area contributed by atoms with E-state index >= 15 is 0 Å². The lowest BCUT2D eigenvalue weighted by atomic mass is 10.1. The van der Waals surface area contributed by atoms with Crippen LogP contribution in [0.5, 0.6) is 0 Å². The van der Waals surface area contributed by atoms with E-state index in [0.29, 0.717) is 24.4 Å². The van der Waals surface area contributed by atoms with Gasteiger partial charge >= 0.3 is 0 Å². The Labute approximate surface area is 133 Å². The van der Waals surface area contributed by atoms with Crippen molar-refractivity contribution in [3.8, 4) is 10.4 Å². The van der Waals surface area contributed by atoms with Gasteiger partial charge in [0.2, 0.25) is 0 Å². The number of nitrogens with zero attached hydrogens (tertiary/aromatic N) is 1. The Morgan fingerprint density at radius 1 is 1.36 bits per heavy atom. The van der Waals surface area contributed by atoms with E-state index in [0.717, 1.165) is 16.0 Å². The van der Waals surface area contributed by atoms with Gasteiger partial charge in [0.05, 0.1) is 10.5 Å². The predicted octanol–water partition coefficient (Wildman–Crippen LogP) is 3.46. The highest BCUT2D eigenvalue weighted by Crippen LogP contribution is 2.34. The van der Waals surface area contributed by atoms with Gasteiger partial charge < -0.3 is 10.0 Å². The second-order valence-electron chi connectivity index (χ2n) is 6.10. The van der Waals surface area contributed by atoms with Gasteiger partial charge in [-0.2, -0.15) is 0 Å². The first-order chi connectivity index (χ1) is 10.4. The van der Waals surface area contributed by atoms with Crippen LogP contribution in [-0.4, -0.2) is 34.6 Å². The number of β-amino-alcohol motifs (C(OH)–C–C–N with tert-alkyl or cyclic N) is 1. The fourth-order valence-electron chi connectivity index (χ4n) is 2.75. The van der Waals surface area contributed by atoms with Crippen LogP contribution in [0.25, 0.3) is 10.4 Å². The van der Waals surface area contributed by atoms with E-state index in [1.807, 2.05) is 13.0 Å². The second-order valence-corrected chi connectivity index (χ2v) is 7.16. The third kappa shape index (κ3) is 2.91. The Balaban J connectivity index is 1.86. The van der Waals surface area contributed by atoms with Crippen molar-refractivity contribution in [3.63, 3.8) is 0 Å². The number of aliphatic hydroxyl groups is 1. The number of aryl methyl sites for hydroxylation is 1. The summed E-state index contributed by atoms with van der Waals surface area (Å²) in [6.45, 7) is 4.65. The lowest BCUT2D eigenvalue weighted by Crippen LogP contribution is -2.33. The van der Waals surface area contributed by atoms with E-state index in [1.165, 1.54) is 23.5 Å². The summed E-state index contributed by atoms with van der Waals surface area (Å²) in [5, 5.41) is 10.00. The summed E-state index contributed by atoms with van der Waals surface area (Å²) >= 11 is 1.42. The van der Waals surface area contributed by atoms with Crippen molar-refractivity contribution in [2.45, 2.75) is 25.9 Å². The molecule has 116 valence electrons. The average Bonchev–Trinajstić information content (AvgIpc) is 3.02. The molecule has 0 saturated carbocycles. The third-order valence-electron chi connectivity index (χ3n) is 3.97. The summed E-state index contributed by atoms with van der Waals surface area (Å²) in [7, 11) is 0. The van der Waals surface area contributed by atoms with Gasteiger partial charge in [-0.25, -0.2) is 4.39 Å². The first-order valence-corrected chi connectivity index (χ1v) is 8.05. The van der Waals surface area contributed by atoms with Gasteiger partial charge in [0, 0.05) is 18.0 Å². The maximum atomic E-state index is 13.0. The van der Waals surface area contributed by atoms with E-state index in [1.54, 1.807) is 24.0 Å². The van der Waals surface area contributed by atoms with Crippen molar-refractivity contribution in [2.75, 3.05) is 13.1 Å². The number of thiophene rings is 1. The molecule has 1 aromatic carbocycles. The molecule has 1 atom stereocenters. The number of rotatable bonds is 2. The molecule has 1 fully saturated rings. The van der Waals surface area contributed by atoms with Crippen molar-refractivity contribution in [2.24, 2.45) is 0 Å². The number of carbonyl (C=O) groups excluding carboxylic acids is 1. The van der Waals surface area contributed by atoms with Crippen LogP contribution in [0, 0.1) is 12.7 Å². The van der Waals surface area contributed by atoms with Crippen LogP contribution in [0.3, 0.4) is 0 Å². The van der Waals surface area contributed by atoms with Crippen LogP contribution in [0.15, 0.2) is 30.3 Å². The molecule has 1 aliphatic rings. The average molecular weight is 319 g/mol. The topological polar surface area (TPSA) is 40.5 Å². The SMILES string of the molecule is Cc1cc(C(=O)N2CCC(C)(O)C2)sc1-c1ccc(F)cc1. The summed E-state index contributed by atoms with van der Waals surface area (Å²) in [5.41, 5.74) is 1.13.